The number of aliphatic carboxylic acids is 1. The van der Waals surface area contributed by atoms with E-state index in [-0.39, 0.29) is 5.91 Å². The van der Waals surface area contributed by atoms with Crippen molar-refractivity contribution in [2.75, 3.05) is 6.54 Å². The zero-order valence-electron chi connectivity index (χ0n) is 12.0. The van der Waals surface area contributed by atoms with Crippen molar-refractivity contribution in [3.05, 3.63) is 0 Å². The number of carboxylic acids is 1. The third-order valence-corrected chi connectivity index (χ3v) is 4.40. The van der Waals surface area contributed by atoms with Crippen LogP contribution in [0.15, 0.2) is 0 Å². The van der Waals surface area contributed by atoms with E-state index in [4.69, 9.17) is 9.84 Å². The van der Waals surface area contributed by atoms with Crippen molar-refractivity contribution in [1.82, 2.24) is 5.32 Å². The predicted octanol–water partition coefficient (Wildman–Crippen LogP) is 2.10. The zero-order chi connectivity index (χ0) is 14.4. The molecule has 2 N–H and O–H groups in total. The monoisotopic (exact) mass is 283 g/mol. The van der Waals surface area contributed by atoms with Crippen LogP contribution in [0.2, 0.25) is 0 Å². The molecule has 114 valence electrons. The van der Waals surface area contributed by atoms with Crippen LogP contribution in [0.3, 0.4) is 0 Å². The van der Waals surface area contributed by atoms with E-state index in [2.05, 4.69) is 5.32 Å². The molecule has 5 nitrogen and oxygen atoms in total. The van der Waals surface area contributed by atoms with E-state index in [9.17, 15) is 9.59 Å². The molecule has 0 radical (unpaired) electrons. The van der Waals surface area contributed by atoms with Gasteiger partial charge in [0.2, 0.25) is 5.91 Å². The molecule has 0 bridgehead atoms. The minimum absolute atomic E-state index is 0.158. The second-order valence-corrected chi connectivity index (χ2v) is 5.97. The molecule has 1 saturated carbocycles. The highest BCUT2D eigenvalue weighted by molar-refractivity contribution is 5.82. The molecule has 1 aliphatic carbocycles. The normalized spacial score (nSPS) is 26.8. The predicted molar refractivity (Wildman–Crippen MR) is 74.3 cm³/mol. The Kier molecular flexibility index (Phi) is 5.83. The number of carboxylic acid groups (broad SMARTS) is 1. The van der Waals surface area contributed by atoms with Crippen molar-refractivity contribution >= 4 is 11.9 Å². The number of unbranched alkanes of at least 4 members (excludes halogenated alkanes) is 1. The summed E-state index contributed by atoms with van der Waals surface area (Å²) in [6.45, 7) is 0.670. The van der Waals surface area contributed by atoms with Gasteiger partial charge in [-0.3, -0.25) is 4.79 Å². The fourth-order valence-electron chi connectivity index (χ4n) is 3.19. The number of carbonyl (C=O) groups is 2. The summed E-state index contributed by atoms with van der Waals surface area (Å²) in [6, 6.07) is 0. The van der Waals surface area contributed by atoms with Gasteiger partial charge in [0.1, 0.15) is 6.10 Å². The lowest BCUT2D eigenvalue weighted by molar-refractivity contribution is -0.151. The van der Waals surface area contributed by atoms with Gasteiger partial charge in [0.15, 0.2) is 6.10 Å². The summed E-state index contributed by atoms with van der Waals surface area (Å²) in [6.07, 6.45) is 8.48. The molecule has 20 heavy (non-hydrogen) atoms. The summed E-state index contributed by atoms with van der Waals surface area (Å²) in [5.74, 6) is -0.230. The van der Waals surface area contributed by atoms with Crippen molar-refractivity contribution in [3.63, 3.8) is 0 Å². The molecule has 1 aliphatic heterocycles. The second kappa shape index (κ2) is 7.62. The van der Waals surface area contributed by atoms with Gasteiger partial charge in [-0.2, -0.15) is 0 Å². The lowest BCUT2D eigenvalue weighted by Gasteiger charge is -2.12. The van der Waals surface area contributed by atoms with E-state index >= 15 is 0 Å². The van der Waals surface area contributed by atoms with E-state index in [1.807, 2.05) is 0 Å². The number of carbonyl (C=O) groups excluding carboxylic acids is 1. The summed E-state index contributed by atoms with van der Waals surface area (Å²) >= 11 is 0. The van der Waals surface area contributed by atoms with Crippen LogP contribution in [0.5, 0.6) is 0 Å². The molecule has 0 unspecified atom stereocenters. The van der Waals surface area contributed by atoms with Crippen molar-refractivity contribution in [1.29, 1.82) is 0 Å². The SMILES string of the molecule is O=C(NCCCCC1CCCC1)[C@@H]1CC[C@H](C(=O)O)O1. The van der Waals surface area contributed by atoms with Crippen LogP contribution in [0, 0.1) is 5.92 Å². The van der Waals surface area contributed by atoms with Crippen LogP contribution < -0.4 is 5.32 Å². The van der Waals surface area contributed by atoms with Crippen LogP contribution in [0.1, 0.15) is 57.8 Å². The average molecular weight is 283 g/mol. The summed E-state index contributed by atoms with van der Waals surface area (Å²) in [7, 11) is 0. The van der Waals surface area contributed by atoms with E-state index in [1.54, 1.807) is 0 Å². The molecule has 0 aromatic rings. The third-order valence-electron chi connectivity index (χ3n) is 4.40. The van der Waals surface area contributed by atoms with Gasteiger partial charge in [-0.25, -0.2) is 4.79 Å². The number of amides is 1. The Morgan fingerprint density at radius 2 is 1.75 bits per heavy atom. The lowest BCUT2D eigenvalue weighted by Crippen LogP contribution is -2.36. The Labute approximate surface area is 120 Å². The zero-order valence-corrected chi connectivity index (χ0v) is 12.0. The van der Waals surface area contributed by atoms with Gasteiger partial charge in [-0.1, -0.05) is 38.5 Å². The summed E-state index contributed by atoms with van der Waals surface area (Å²) in [5.41, 5.74) is 0. The van der Waals surface area contributed by atoms with Crippen LogP contribution in [0.25, 0.3) is 0 Å². The minimum Gasteiger partial charge on any atom is -0.479 e. The number of rotatable bonds is 7. The molecule has 5 heteroatoms. The maximum absolute atomic E-state index is 11.8. The van der Waals surface area contributed by atoms with Gasteiger partial charge in [-0.15, -0.1) is 0 Å². The molecule has 0 spiro atoms. The fraction of sp³-hybridized carbons (Fsp3) is 0.867. The van der Waals surface area contributed by atoms with Crippen molar-refractivity contribution in [2.24, 2.45) is 5.92 Å². The van der Waals surface area contributed by atoms with E-state index < -0.39 is 18.2 Å². The highest BCUT2D eigenvalue weighted by Gasteiger charge is 2.34. The maximum Gasteiger partial charge on any atom is 0.332 e. The van der Waals surface area contributed by atoms with Gasteiger partial charge >= 0.3 is 5.97 Å². The largest absolute Gasteiger partial charge is 0.479 e. The fourth-order valence-corrected chi connectivity index (χ4v) is 3.19. The van der Waals surface area contributed by atoms with Crippen molar-refractivity contribution < 1.29 is 19.4 Å². The summed E-state index contributed by atoms with van der Waals surface area (Å²) in [5, 5.41) is 11.7. The van der Waals surface area contributed by atoms with Crippen LogP contribution in [-0.2, 0) is 14.3 Å². The topological polar surface area (TPSA) is 75.6 Å². The van der Waals surface area contributed by atoms with Crippen LogP contribution in [0.4, 0.5) is 0 Å². The van der Waals surface area contributed by atoms with Crippen LogP contribution >= 0.6 is 0 Å². The number of hydrogen-bond donors (Lipinski definition) is 2. The first-order chi connectivity index (χ1) is 9.66. The second-order valence-electron chi connectivity index (χ2n) is 5.97. The highest BCUT2D eigenvalue weighted by atomic mass is 16.5. The van der Waals surface area contributed by atoms with E-state index in [0.29, 0.717) is 19.4 Å². The molecule has 2 rings (SSSR count). The van der Waals surface area contributed by atoms with Gasteiger partial charge in [-0.05, 0) is 25.2 Å². The quantitative estimate of drug-likeness (QED) is 0.702. The van der Waals surface area contributed by atoms with Crippen LogP contribution in [-0.4, -0.2) is 35.7 Å². The molecular weight excluding hydrogens is 258 g/mol. The molecule has 1 amide bonds. The smallest absolute Gasteiger partial charge is 0.332 e. The van der Waals surface area contributed by atoms with E-state index in [1.165, 1.54) is 32.1 Å². The summed E-state index contributed by atoms with van der Waals surface area (Å²) in [4.78, 5) is 22.5. The molecule has 1 saturated heterocycles. The maximum atomic E-state index is 11.8. The summed E-state index contributed by atoms with van der Waals surface area (Å²) < 4.78 is 5.21. The first-order valence-electron chi connectivity index (χ1n) is 7.83. The number of hydrogen-bond acceptors (Lipinski definition) is 3. The lowest BCUT2D eigenvalue weighted by atomic mass is 10.0. The number of nitrogens with one attached hydrogen (secondary N) is 1. The molecule has 1 heterocycles. The molecule has 2 fully saturated rings. The Morgan fingerprint density at radius 3 is 2.40 bits per heavy atom. The Balaban J connectivity index is 1.53. The van der Waals surface area contributed by atoms with Crippen molar-refractivity contribution in [3.8, 4) is 0 Å². The van der Waals surface area contributed by atoms with Gasteiger partial charge in [0.25, 0.3) is 0 Å². The highest BCUT2D eigenvalue weighted by Crippen LogP contribution is 2.28. The van der Waals surface area contributed by atoms with Crippen molar-refractivity contribution in [2.45, 2.75) is 70.0 Å². The Morgan fingerprint density at radius 1 is 1.05 bits per heavy atom. The van der Waals surface area contributed by atoms with E-state index in [0.717, 1.165) is 18.8 Å². The average Bonchev–Trinajstić information content (AvgIpc) is 3.09. The number of ether oxygens (including phenoxy) is 1. The molecule has 0 aromatic heterocycles. The standard InChI is InChI=1S/C15H25NO4/c17-14(12-8-9-13(20-12)15(18)19)16-10-4-3-7-11-5-1-2-6-11/h11-13H,1-10H2,(H,16,17)(H,18,19)/t12-,13+/m0/s1. The molecule has 2 atom stereocenters. The van der Waals surface area contributed by atoms with Gasteiger partial charge < -0.3 is 15.2 Å². The van der Waals surface area contributed by atoms with Gasteiger partial charge in [0.05, 0.1) is 0 Å². The Bertz CT molecular complexity index is 339. The molecular formula is C15H25NO4. The molecule has 2 aliphatic rings. The Hall–Kier alpha value is -1.10. The third kappa shape index (κ3) is 4.47. The first-order valence-corrected chi connectivity index (χ1v) is 7.83. The van der Waals surface area contributed by atoms with Gasteiger partial charge in [0, 0.05) is 6.54 Å². The molecule has 0 aromatic carbocycles. The minimum atomic E-state index is -0.975. The first kappa shape index (κ1) is 15.3.